The Morgan fingerprint density at radius 1 is 1.29 bits per heavy atom. The van der Waals surface area contributed by atoms with E-state index < -0.39 is 0 Å². The van der Waals surface area contributed by atoms with E-state index in [2.05, 4.69) is 40.3 Å². The predicted molar refractivity (Wildman–Crippen MR) is 75.2 cm³/mol. The molecule has 0 aromatic carbocycles. The average molecular weight is 238 g/mol. The lowest BCUT2D eigenvalue weighted by Crippen LogP contribution is -2.43. The Bertz CT molecular complexity index is 244. The summed E-state index contributed by atoms with van der Waals surface area (Å²) in [5.41, 5.74) is 0.593. The van der Waals surface area contributed by atoms with Crippen LogP contribution < -0.4 is 0 Å². The zero-order valence-electron chi connectivity index (χ0n) is 12.2. The van der Waals surface area contributed by atoms with Crippen molar-refractivity contribution in [3.05, 3.63) is 12.7 Å². The van der Waals surface area contributed by atoms with Crippen LogP contribution in [0.5, 0.6) is 0 Å². The van der Waals surface area contributed by atoms with Gasteiger partial charge in [-0.05, 0) is 56.8 Å². The maximum atomic E-state index is 6.10. The van der Waals surface area contributed by atoms with E-state index in [4.69, 9.17) is 4.74 Å². The highest BCUT2D eigenvalue weighted by molar-refractivity contribution is 4.94. The SMILES string of the molecule is C=CCCC1CC(C)(OCCC)CCC1(C)C. The quantitative estimate of drug-likeness (QED) is 0.594. The van der Waals surface area contributed by atoms with Gasteiger partial charge in [0.1, 0.15) is 0 Å². The zero-order valence-corrected chi connectivity index (χ0v) is 12.2. The van der Waals surface area contributed by atoms with Crippen LogP contribution in [0.4, 0.5) is 0 Å². The number of ether oxygens (including phenoxy) is 1. The molecule has 100 valence electrons. The molecule has 0 radical (unpaired) electrons. The van der Waals surface area contributed by atoms with E-state index in [0.29, 0.717) is 5.41 Å². The average Bonchev–Trinajstić information content (AvgIpc) is 2.29. The molecule has 0 bridgehead atoms. The first-order valence-electron chi connectivity index (χ1n) is 7.18. The van der Waals surface area contributed by atoms with E-state index in [1.165, 1.54) is 25.7 Å². The summed E-state index contributed by atoms with van der Waals surface area (Å²) >= 11 is 0. The molecule has 1 nitrogen and oxygen atoms in total. The van der Waals surface area contributed by atoms with Crippen molar-refractivity contribution < 1.29 is 4.74 Å². The second-order valence-electron chi connectivity index (χ2n) is 6.55. The van der Waals surface area contributed by atoms with Crippen molar-refractivity contribution in [3.8, 4) is 0 Å². The number of allylic oxidation sites excluding steroid dienone is 1. The Kier molecular flexibility index (Phi) is 5.24. The predicted octanol–water partition coefficient (Wildman–Crippen LogP) is 4.96. The molecule has 0 heterocycles. The summed E-state index contributed by atoms with van der Waals surface area (Å²) in [4.78, 5) is 0. The van der Waals surface area contributed by atoms with E-state index in [0.717, 1.165) is 25.4 Å². The second kappa shape index (κ2) is 6.04. The van der Waals surface area contributed by atoms with Gasteiger partial charge in [0.25, 0.3) is 0 Å². The number of rotatable bonds is 6. The van der Waals surface area contributed by atoms with Gasteiger partial charge in [0.05, 0.1) is 5.60 Å². The van der Waals surface area contributed by atoms with Crippen LogP contribution in [0.3, 0.4) is 0 Å². The van der Waals surface area contributed by atoms with Crippen LogP contribution in [-0.4, -0.2) is 12.2 Å². The van der Waals surface area contributed by atoms with Crippen LogP contribution in [0.25, 0.3) is 0 Å². The van der Waals surface area contributed by atoms with E-state index >= 15 is 0 Å². The van der Waals surface area contributed by atoms with Gasteiger partial charge in [-0.2, -0.15) is 0 Å². The van der Waals surface area contributed by atoms with Crippen LogP contribution >= 0.6 is 0 Å². The van der Waals surface area contributed by atoms with Crippen LogP contribution in [0.1, 0.15) is 66.2 Å². The fraction of sp³-hybridized carbons (Fsp3) is 0.875. The Hall–Kier alpha value is -0.300. The smallest absolute Gasteiger partial charge is 0.0657 e. The van der Waals surface area contributed by atoms with Crippen LogP contribution in [0, 0.1) is 11.3 Å². The summed E-state index contributed by atoms with van der Waals surface area (Å²) in [7, 11) is 0. The first-order chi connectivity index (χ1) is 7.93. The van der Waals surface area contributed by atoms with Gasteiger partial charge in [-0.1, -0.05) is 26.8 Å². The third-order valence-corrected chi connectivity index (χ3v) is 4.46. The van der Waals surface area contributed by atoms with Crippen LogP contribution in [0.2, 0.25) is 0 Å². The third-order valence-electron chi connectivity index (χ3n) is 4.46. The molecule has 2 unspecified atom stereocenters. The molecular formula is C16H30O. The first-order valence-corrected chi connectivity index (χ1v) is 7.18. The summed E-state index contributed by atoms with van der Waals surface area (Å²) in [6.07, 6.45) is 9.29. The first kappa shape index (κ1) is 14.8. The summed E-state index contributed by atoms with van der Waals surface area (Å²) in [5, 5.41) is 0. The lowest BCUT2D eigenvalue weighted by Gasteiger charge is -2.47. The zero-order chi connectivity index (χ0) is 12.9. The van der Waals surface area contributed by atoms with Gasteiger partial charge in [0.2, 0.25) is 0 Å². The molecular weight excluding hydrogens is 208 g/mol. The van der Waals surface area contributed by atoms with Crippen LogP contribution in [-0.2, 0) is 4.74 Å². The van der Waals surface area contributed by atoms with E-state index in [9.17, 15) is 0 Å². The van der Waals surface area contributed by atoms with Gasteiger partial charge in [-0.3, -0.25) is 0 Å². The summed E-state index contributed by atoms with van der Waals surface area (Å²) < 4.78 is 6.10. The third kappa shape index (κ3) is 4.13. The van der Waals surface area contributed by atoms with Crippen molar-refractivity contribution in [3.63, 3.8) is 0 Å². The van der Waals surface area contributed by atoms with Gasteiger partial charge in [0, 0.05) is 6.61 Å². The molecule has 0 saturated heterocycles. The molecule has 0 N–H and O–H groups in total. The van der Waals surface area contributed by atoms with Crippen molar-refractivity contribution in [2.24, 2.45) is 11.3 Å². The maximum absolute atomic E-state index is 6.10. The minimum atomic E-state index is 0.122. The molecule has 1 aliphatic carbocycles. The molecule has 2 atom stereocenters. The summed E-state index contributed by atoms with van der Waals surface area (Å²) in [6, 6.07) is 0. The Labute approximate surface area is 108 Å². The van der Waals surface area contributed by atoms with Crippen molar-refractivity contribution in [2.45, 2.75) is 71.8 Å². The molecule has 0 amide bonds. The molecule has 1 fully saturated rings. The van der Waals surface area contributed by atoms with Gasteiger partial charge in [-0.25, -0.2) is 0 Å². The van der Waals surface area contributed by atoms with Crippen molar-refractivity contribution in [1.29, 1.82) is 0 Å². The fourth-order valence-electron chi connectivity index (χ4n) is 2.98. The number of hydrogen-bond donors (Lipinski definition) is 0. The Morgan fingerprint density at radius 3 is 2.59 bits per heavy atom. The number of hydrogen-bond acceptors (Lipinski definition) is 1. The van der Waals surface area contributed by atoms with Crippen LogP contribution in [0.15, 0.2) is 12.7 Å². The lowest BCUT2D eigenvalue weighted by molar-refractivity contribution is -0.0985. The maximum Gasteiger partial charge on any atom is 0.0657 e. The van der Waals surface area contributed by atoms with E-state index in [1.54, 1.807) is 0 Å². The highest BCUT2D eigenvalue weighted by atomic mass is 16.5. The second-order valence-corrected chi connectivity index (χ2v) is 6.55. The molecule has 0 spiro atoms. The molecule has 1 heteroatoms. The molecule has 0 aliphatic heterocycles. The fourth-order valence-corrected chi connectivity index (χ4v) is 2.98. The Balaban J connectivity index is 2.61. The normalized spacial score (nSPS) is 32.4. The molecule has 0 aromatic rings. The van der Waals surface area contributed by atoms with Gasteiger partial charge in [-0.15, -0.1) is 6.58 Å². The van der Waals surface area contributed by atoms with Gasteiger partial charge >= 0.3 is 0 Å². The minimum Gasteiger partial charge on any atom is -0.375 e. The van der Waals surface area contributed by atoms with E-state index in [1.807, 2.05) is 0 Å². The van der Waals surface area contributed by atoms with Crippen molar-refractivity contribution in [1.82, 2.24) is 0 Å². The minimum absolute atomic E-state index is 0.122. The summed E-state index contributed by atoms with van der Waals surface area (Å²) in [6.45, 7) is 14.1. The topological polar surface area (TPSA) is 9.23 Å². The van der Waals surface area contributed by atoms with Crippen molar-refractivity contribution in [2.75, 3.05) is 6.61 Å². The lowest BCUT2D eigenvalue weighted by atomic mass is 9.63. The molecule has 1 saturated carbocycles. The highest BCUT2D eigenvalue weighted by Gasteiger charge is 2.41. The largest absolute Gasteiger partial charge is 0.375 e. The standard InChI is InChI=1S/C16H30O/c1-6-8-9-14-13-16(5,17-12-7-2)11-10-15(14,3)4/h6,14H,1,7-13H2,2-5H3. The van der Waals surface area contributed by atoms with Crippen molar-refractivity contribution >= 4 is 0 Å². The summed E-state index contributed by atoms with van der Waals surface area (Å²) in [5.74, 6) is 0.774. The monoisotopic (exact) mass is 238 g/mol. The molecule has 1 rings (SSSR count). The highest BCUT2D eigenvalue weighted by Crippen LogP contribution is 2.48. The molecule has 1 aliphatic rings. The van der Waals surface area contributed by atoms with Gasteiger partial charge < -0.3 is 4.74 Å². The molecule has 0 aromatic heterocycles. The Morgan fingerprint density at radius 2 is 2.00 bits per heavy atom. The van der Waals surface area contributed by atoms with E-state index in [-0.39, 0.29) is 5.60 Å². The molecule has 17 heavy (non-hydrogen) atoms. The van der Waals surface area contributed by atoms with Gasteiger partial charge in [0.15, 0.2) is 0 Å².